The van der Waals surface area contributed by atoms with Gasteiger partial charge in [0.05, 0.1) is 6.26 Å². The number of nitrogens with one attached hydrogen (secondary N) is 2. The Kier molecular flexibility index (Phi) is 6.07. The van der Waals surface area contributed by atoms with Crippen molar-refractivity contribution in [2.75, 3.05) is 10.6 Å². The predicted molar refractivity (Wildman–Crippen MR) is 111 cm³/mol. The lowest BCUT2D eigenvalue weighted by Gasteiger charge is -2.06. The zero-order valence-electron chi connectivity index (χ0n) is 15.8. The first-order chi connectivity index (χ1) is 13.5. The minimum Gasteiger partial charge on any atom is -0.459 e. The number of hydrogen-bond donors (Lipinski definition) is 2. The third-order valence-electron chi connectivity index (χ3n) is 4.19. The highest BCUT2D eigenvalue weighted by atomic mass is 16.3. The zero-order chi connectivity index (χ0) is 19.9. The van der Waals surface area contributed by atoms with Gasteiger partial charge in [-0.05, 0) is 59.5 Å². The lowest BCUT2D eigenvalue weighted by molar-refractivity contribution is -0.111. The van der Waals surface area contributed by atoms with Crippen molar-refractivity contribution in [1.29, 1.82) is 0 Å². The molecule has 3 rings (SSSR count). The quantitative estimate of drug-likeness (QED) is 0.575. The summed E-state index contributed by atoms with van der Waals surface area (Å²) >= 11 is 0. The number of amides is 2. The number of carbonyl (C=O) groups excluding carboxylic acids is 2. The maximum atomic E-state index is 12.1. The van der Waals surface area contributed by atoms with Crippen LogP contribution in [0.4, 0.5) is 11.4 Å². The van der Waals surface area contributed by atoms with Crippen LogP contribution in [0.15, 0.2) is 77.4 Å². The van der Waals surface area contributed by atoms with Gasteiger partial charge < -0.3 is 15.1 Å². The summed E-state index contributed by atoms with van der Waals surface area (Å²) in [6, 6.07) is 18.2. The van der Waals surface area contributed by atoms with E-state index in [1.54, 1.807) is 42.5 Å². The molecule has 0 aliphatic rings. The monoisotopic (exact) mass is 374 g/mol. The van der Waals surface area contributed by atoms with Crippen LogP contribution in [0.2, 0.25) is 0 Å². The van der Waals surface area contributed by atoms with Crippen LogP contribution in [0.25, 0.3) is 6.08 Å². The van der Waals surface area contributed by atoms with E-state index < -0.39 is 0 Å². The van der Waals surface area contributed by atoms with E-state index >= 15 is 0 Å². The minimum absolute atomic E-state index is 0.222. The molecule has 0 saturated heterocycles. The smallest absolute Gasteiger partial charge is 0.291 e. The first kappa shape index (κ1) is 19.2. The van der Waals surface area contributed by atoms with E-state index in [-0.39, 0.29) is 17.6 Å². The van der Waals surface area contributed by atoms with Crippen molar-refractivity contribution in [1.82, 2.24) is 0 Å². The molecule has 5 heteroatoms. The van der Waals surface area contributed by atoms with Gasteiger partial charge in [-0.3, -0.25) is 9.59 Å². The van der Waals surface area contributed by atoms with Crippen molar-refractivity contribution >= 4 is 29.3 Å². The normalized spacial score (nSPS) is 11.0. The predicted octanol–water partition coefficient (Wildman–Crippen LogP) is 5.31. The number of hydrogen-bond acceptors (Lipinski definition) is 3. The molecule has 3 aromatic rings. The van der Waals surface area contributed by atoms with Gasteiger partial charge >= 0.3 is 0 Å². The van der Waals surface area contributed by atoms with E-state index in [0.717, 1.165) is 5.56 Å². The fourth-order valence-electron chi connectivity index (χ4n) is 2.59. The molecule has 2 aromatic carbocycles. The molecule has 0 spiro atoms. The van der Waals surface area contributed by atoms with Gasteiger partial charge in [0.1, 0.15) is 0 Å². The number of furan rings is 1. The molecule has 1 heterocycles. The highest BCUT2D eigenvalue weighted by Crippen LogP contribution is 2.16. The lowest BCUT2D eigenvalue weighted by Crippen LogP contribution is -2.11. The van der Waals surface area contributed by atoms with Crippen molar-refractivity contribution in [2.24, 2.45) is 0 Å². The summed E-state index contributed by atoms with van der Waals surface area (Å²) in [5.41, 5.74) is 3.48. The van der Waals surface area contributed by atoms with Crippen LogP contribution in [0.1, 0.15) is 41.4 Å². The van der Waals surface area contributed by atoms with E-state index in [1.165, 1.54) is 17.9 Å². The van der Waals surface area contributed by atoms with Crippen molar-refractivity contribution in [2.45, 2.75) is 19.8 Å². The third kappa shape index (κ3) is 5.20. The average molecular weight is 374 g/mol. The highest BCUT2D eigenvalue weighted by molar-refractivity contribution is 6.03. The molecule has 0 saturated carbocycles. The number of benzene rings is 2. The molecule has 28 heavy (non-hydrogen) atoms. The Bertz CT molecular complexity index is 954. The van der Waals surface area contributed by atoms with E-state index in [4.69, 9.17) is 4.42 Å². The first-order valence-corrected chi connectivity index (χ1v) is 9.05. The Morgan fingerprint density at radius 2 is 1.54 bits per heavy atom. The average Bonchev–Trinajstić information content (AvgIpc) is 3.23. The van der Waals surface area contributed by atoms with Crippen LogP contribution in [0, 0.1) is 0 Å². The van der Waals surface area contributed by atoms with Crippen molar-refractivity contribution < 1.29 is 14.0 Å². The Morgan fingerprint density at radius 3 is 2.11 bits per heavy atom. The molecule has 0 radical (unpaired) electrons. The molecular formula is C23H22N2O3. The number of rotatable bonds is 6. The fourth-order valence-corrected chi connectivity index (χ4v) is 2.59. The van der Waals surface area contributed by atoms with Gasteiger partial charge in [0.2, 0.25) is 5.91 Å². The Balaban J connectivity index is 1.54. The summed E-state index contributed by atoms with van der Waals surface area (Å²) in [5.74, 6) is 0.172. The van der Waals surface area contributed by atoms with Gasteiger partial charge in [-0.25, -0.2) is 0 Å². The van der Waals surface area contributed by atoms with Crippen LogP contribution in [-0.4, -0.2) is 11.8 Å². The second-order valence-electron chi connectivity index (χ2n) is 6.65. The van der Waals surface area contributed by atoms with Gasteiger partial charge in [-0.1, -0.05) is 38.1 Å². The van der Waals surface area contributed by atoms with Gasteiger partial charge in [0.15, 0.2) is 5.76 Å². The van der Waals surface area contributed by atoms with Crippen molar-refractivity contribution in [3.63, 3.8) is 0 Å². The second kappa shape index (κ2) is 8.86. The molecule has 0 bridgehead atoms. The SMILES string of the molecule is CC(C)c1ccc(/C=C/C(=O)Nc2ccc(NC(=O)c3ccco3)cc2)cc1. The Labute approximate surface area is 164 Å². The van der Waals surface area contributed by atoms with Crippen LogP contribution >= 0.6 is 0 Å². The largest absolute Gasteiger partial charge is 0.459 e. The van der Waals surface area contributed by atoms with Crippen LogP contribution in [-0.2, 0) is 4.79 Å². The van der Waals surface area contributed by atoms with E-state index in [1.807, 2.05) is 12.1 Å². The summed E-state index contributed by atoms with van der Waals surface area (Å²) in [6.45, 7) is 4.29. The molecule has 1 aromatic heterocycles. The maximum absolute atomic E-state index is 12.1. The zero-order valence-corrected chi connectivity index (χ0v) is 15.8. The topological polar surface area (TPSA) is 71.3 Å². The van der Waals surface area contributed by atoms with Gasteiger partial charge in [0.25, 0.3) is 5.91 Å². The molecule has 0 aliphatic heterocycles. The summed E-state index contributed by atoms with van der Waals surface area (Å²) in [7, 11) is 0. The molecule has 0 fully saturated rings. The van der Waals surface area contributed by atoms with E-state index in [0.29, 0.717) is 17.3 Å². The Hall–Kier alpha value is -3.60. The van der Waals surface area contributed by atoms with Gasteiger partial charge in [-0.2, -0.15) is 0 Å². The lowest BCUT2D eigenvalue weighted by atomic mass is 10.0. The second-order valence-corrected chi connectivity index (χ2v) is 6.65. The molecule has 0 aliphatic carbocycles. The van der Waals surface area contributed by atoms with Gasteiger partial charge in [-0.15, -0.1) is 0 Å². The molecule has 0 unspecified atom stereocenters. The molecular weight excluding hydrogens is 352 g/mol. The molecule has 5 nitrogen and oxygen atoms in total. The summed E-state index contributed by atoms with van der Waals surface area (Å²) in [6.07, 6.45) is 4.72. The van der Waals surface area contributed by atoms with Crippen LogP contribution in [0.3, 0.4) is 0 Å². The van der Waals surface area contributed by atoms with Crippen LogP contribution < -0.4 is 10.6 Å². The molecule has 142 valence electrons. The minimum atomic E-state index is -0.326. The summed E-state index contributed by atoms with van der Waals surface area (Å²) in [4.78, 5) is 24.0. The Morgan fingerprint density at radius 1 is 0.893 bits per heavy atom. The van der Waals surface area contributed by atoms with Crippen LogP contribution in [0.5, 0.6) is 0 Å². The van der Waals surface area contributed by atoms with Crippen molar-refractivity contribution in [3.05, 3.63) is 89.9 Å². The molecule has 0 atom stereocenters. The van der Waals surface area contributed by atoms with E-state index in [2.05, 4.69) is 36.6 Å². The molecule has 2 amide bonds. The summed E-state index contributed by atoms with van der Waals surface area (Å²) < 4.78 is 5.05. The molecule has 2 N–H and O–H groups in total. The fraction of sp³-hybridized carbons (Fsp3) is 0.130. The maximum Gasteiger partial charge on any atom is 0.291 e. The van der Waals surface area contributed by atoms with E-state index in [9.17, 15) is 9.59 Å². The van der Waals surface area contributed by atoms with Gasteiger partial charge in [0, 0.05) is 17.5 Å². The highest BCUT2D eigenvalue weighted by Gasteiger charge is 2.08. The first-order valence-electron chi connectivity index (χ1n) is 9.05. The van der Waals surface area contributed by atoms with Crippen molar-refractivity contribution in [3.8, 4) is 0 Å². The number of anilines is 2. The number of carbonyl (C=O) groups is 2. The standard InChI is InChI=1S/C23H22N2O3/c1-16(2)18-8-5-17(6-9-18)7-14-22(26)24-19-10-12-20(13-11-19)25-23(27)21-4-3-15-28-21/h3-16H,1-2H3,(H,24,26)(H,25,27)/b14-7+. The third-order valence-corrected chi connectivity index (χ3v) is 4.19. The summed E-state index contributed by atoms with van der Waals surface area (Å²) in [5, 5.41) is 5.52.